The minimum absolute atomic E-state index is 0.225. The topological polar surface area (TPSA) is 159 Å². The van der Waals surface area contributed by atoms with E-state index in [1.165, 1.54) is 7.05 Å². The normalized spacial score (nSPS) is 10.8. The predicted molar refractivity (Wildman–Crippen MR) is 64.6 cm³/mol. The second-order valence-electron chi connectivity index (χ2n) is 3.47. The van der Waals surface area contributed by atoms with Crippen molar-refractivity contribution in [2.75, 3.05) is 32.4 Å². The van der Waals surface area contributed by atoms with Gasteiger partial charge in [-0.2, -0.15) is 0 Å². The van der Waals surface area contributed by atoms with Crippen molar-refractivity contribution in [1.82, 2.24) is 14.9 Å². The van der Waals surface area contributed by atoms with Crippen LogP contribution in [-0.2, 0) is 19.6 Å². The average molecular weight is 296 g/mol. The summed E-state index contributed by atoms with van der Waals surface area (Å²) < 4.78 is 24.2. The van der Waals surface area contributed by atoms with Gasteiger partial charge in [-0.05, 0) is 7.05 Å². The molecule has 0 aliphatic rings. The number of carboxylic acid groups (broad SMARTS) is 1. The maximum atomic E-state index is 11.5. The van der Waals surface area contributed by atoms with Crippen LogP contribution >= 0.6 is 0 Å². The lowest BCUT2D eigenvalue weighted by Crippen LogP contribution is -2.47. The highest BCUT2D eigenvalue weighted by atomic mass is 32.2. The van der Waals surface area contributed by atoms with E-state index in [1.54, 1.807) is 0 Å². The fourth-order valence-corrected chi connectivity index (χ4v) is 1.63. The molecule has 0 bridgehead atoms. The van der Waals surface area contributed by atoms with E-state index in [4.69, 9.17) is 10.8 Å². The molecule has 10 nitrogen and oxygen atoms in total. The van der Waals surface area contributed by atoms with E-state index in [2.05, 4.69) is 5.32 Å². The molecule has 0 aromatic rings. The molecule has 0 atom stereocenters. The number of carbonyl (C=O) groups excluding carboxylic acids is 2. The lowest BCUT2D eigenvalue weighted by molar-refractivity contribution is -0.137. The molecule has 0 unspecified atom stereocenters. The number of urea groups is 1. The SMILES string of the molecule is CNS(=O)(=O)CCNC(=O)N(CC(N)=O)CC(=O)O. The zero-order valence-corrected chi connectivity index (χ0v) is 11.1. The molecule has 110 valence electrons. The van der Waals surface area contributed by atoms with Gasteiger partial charge < -0.3 is 21.1 Å². The molecule has 0 aromatic heterocycles. The van der Waals surface area contributed by atoms with Gasteiger partial charge in [0.1, 0.15) is 13.1 Å². The first-order chi connectivity index (χ1) is 8.68. The molecule has 0 saturated carbocycles. The first-order valence-corrected chi connectivity index (χ1v) is 6.77. The minimum atomic E-state index is -3.48. The predicted octanol–water partition coefficient (Wildman–Crippen LogP) is -2.88. The highest BCUT2D eigenvalue weighted by Crippen LogP contribution is 1.90. The van der Waals surface area contributed by atoms with Crippen LogP contribution in [0.1, 0.15) is 0 Å². The third-order valence-corrected chi connectivity index (χ3v) is 3.28. The van der Waals surface area contributed by atoms with Gasteiger partial charge in [0.15, 0.2) is 0 Å². The molecule has 0 aliphatic carbocycles. The summed E-state index contributed by atoms with van der Waals surface area (Å²) in [7, 11) is -2.25. The smallest absolute Gasteiger partial charge is 0.323 e. The van der Waals surface area contributed by atoms with E-state index in [-0.39, 0.29) is 12.3 Å². The van der Waals surface area contributed by atoms with Gasteiger partial charge in [-0.25, -0.2) is 17.9 Å². The zero-order chi connectivity index (χ0) is 15.1. The summed E-state index contributed by atoms with van der Waals surface area (Å²) in [5.41, 5.74) is 4.87. The fourth-order valence-electron chi connectivity index (χ4n) is 1.06. The molecule has 0 radical (unpaired) electrons. The van der Waals surface area contributed by atoms with Gasteiger partial charge in [0.2, 0.25) is 15.9 Å². The Morgan fingerprint density at radius 2 is 1.84 bits per heavy atom. The van der Waals surface area contributed by atoms with Crippen LogP contribution in [0.5, 0.6) is 0 Å². The molecular weight excluding hydrogens is 280 g/mol. The van der Waals surface area contributed by atoms with Gasteiger partial charge in [-0.3, -0.25) is 9.59 Å². The van der Waals surface area contributed by atoms with Crippen molar-refractivity contribution in [2.24, 2.45) is 5.73 Å². The van der Waals surface area contributed by atoms with E-state index in [0.29, 0.717) is 4.90 Å². The van der Waals surface area contributed by atoms with Crippen molar-refractivity contribution in [2.45, 2.75) is 0 Å². The van der Waals surface area contributed by atoms with Gasteiger partial charge >= 0.3 is 12.0 Å². The summed E-state index contributed by atoms with van der Waals surface area (Å²) in [5.74, 6) is -2.56. The highest BCUT2D eigenvalue weighted by Gasteiger charge is 2.19. The van der Waals surface area contributed by atoms with Gasteiger partial charge in [-0.1, -0.05) is 0 Å². The number of primary amides is 1. The van der Waals surface area contributed by atoms with Crippen LogP contribution in [0.15, 0.2) is 0 Å². The summed E-state index contributed by atoms with van der Waals surface area (Å²) in [6, 6.07) is -0.882. The van der Waals surface area contributed by atoms with E-state index in [0.717, 1.165) is 0 Å². The van der Waals surface area contributed by atoms with Crippen molar-refractivity contribution in [3.05, 3.63) is 0 Å². The van der Waals surface area contributed by atoms with Crippen LogP contribution in [0.25, 0.3) is 0 Å². The summed E-state index contributed by atoms with van der Waals surface area (Å²) in [6.07, 6.45) is 0. The second-order valence-corrected chi connectivity index (χ2v) is 5.52. The van der Waals surface area contributed by atoms with Crippen molar-refractivity contribution in [3.8, 4) is 0 Å². The van der Waals surface area contributed by atoms with Crippen LogP contribution in [0.4, 0.5) is 4.79 Å². The highest BCUT2D eigenvalue weighted by molar-refractivity contribution is 7.89. The van der Waals surface area contributed by atoms with Crippen molar-refractivity contribution >= 4 is 27.9 Å². The molecule has 0 fully saturated rings. The Balaban J connectivity index is 4.40. The number of sulfonamides is 1. The zero-order valence-electron chi connectivity index (χ0n) is 10.2. The lowest BCUT2D eigenvalue weighted by atomic mass is 10.4. The lowest BCUT2D eigenvalue weighted by Gasteiger charge is -2.19. The van der Waals surface area contributed by atoms with Crippen LogP contribution < -0.4 is 15.8 Å². The van der Waals surface area contributed by atoms with Gasteiger partial charge in [-0.15, -0.1) is 0 Å². The Kier molecular flexibility index (Phi) is 6.79. The number of hydrogen-bond donors (Lipinski definition) is 4. The third kappa shape index (κ3) is 7.94. The Morgan fingerprint density at radius 1 is 1.26 bits per heavy atom. The number of aliphatic carboxylic acids is 1. The Hall–Kier alpha value is -1.88. The second kappa shape index (κ2) is 7.53. The molecule has 0 rings (SSSR count). The number of nitrogens with zero attached hydrogens (tertiary/aromatic N) is 1. The van der Waals surface area contributed by atoms with Crippen molar-refractivity contribution in [1.29, 1.82) is 0 Å². The molecule has 11 heteroatoms. The molecule has 0 spiro atoms. The van der Waals surface area contributed by atoms with Crippen LogP contribution in [0, 0.1) is 0 Å². The van der Waals surface area contributed by atoms with Gasteiger partial charge in [0.25, 0.3) is 0 Å². The first-order valence-electron chi connectivity index (χ1n) is 5.12. The average Bonchev–Trinajstić information content (AvgIpc) is 2.26. The molecule has 5 N–H and O–H groups in total. The largest absolute Gasteiger partial charge is 0.480 e. The number of amides is 3. The molecular formula is C8H16N4O6S. The Labute approximate surface area is 110 Å². The molecule has 0 saturated heterocycles. The minimum Gasteiger partial charge on any atom is -0.480 e. The van der Waals surface area contributed by atoms with Crippen molar-refractivity contribution in [3.63, 3.8) is 0 Å². The monoisotopic (exact) mass is 296 g/mol. The van der Waals surface area contributed by atoms with E-state index in [9.17, 15) is 22.8 Å². The molecule has 3 amide bonds. The molecule has 0 heterocycles. The summed E-state index contributed by atoms with van der Waals surface area (Å²) >= 11 is 0. The van der Waals surface area contributed by atoms with E-state index < -0.39 is 41.0 Å². The number of nitrogens with two attached hydrogens (primary N) is 1. The van der Waals surface area contributed by atoms with Gasteiger partial charge in [0, 0.05) is 6.54 Å². The summed E-state index contributed by atoms with van der Waals surface area (Å²) in [6.45, 7) is -1.51. The van der Waals surface area contributed by atoms with E-state index in [1.807, 2.05) is 4.72 Å². The Bertz CT molecular complexity index is 432. The maximum absolute atomic E-state index is 11.5. The number of carbonyl (C=O) groups is 3. The Morgan fingerprint density at radius 3 is 2.26 bits per heavy atom. The molecule has 0 aromatic carbocycles. The maximum Gasteiger partial charge on any atom is 0.323 e. The molecule has 0 aliphatic heterocycles. The standard InChI is InChI=1S/C8H16N4O6S/c1-10-19(17,18)3-2-11-8(16)12(4-6(9)13)5-7(14)15/h10H,2-5H2,1H3,(H2,9,13)(H,11,16)(H,14,15). The number of carboxylic acids is 1. The van der Waals surface area contributed by atoms with E-state index >= 15 is 0 Å². The number of hydrogen-bond acceptors (Lipinski definition) is 5. The van der Waals surface area contributed by atoms with Gasteiger partial charge in [0.05, 0.1) is 5.75 Å². The molecule has 19 heavy (non-hydrogen) atoms. The first kappa shape index (κ1) is 17.1. The van der Waals surface area contributed by atoms with Crippen LogP contribution in [0.3, 0.4) is 0 Å². The fraction of sp³-hybridized carbons (Fsp3) is 0.625. The summed E-state index contributed by atoms with van der Waals surface area (Å²) in [5, 5.41) is 10.7. The third-order valence-electron chi connectivity index (χ3n) is 1.92. The quantitative estimate of drug-likeness (QED) is 0.376. The van der Waals surface area contributed by atoms with Crippen LogP contribution in [-0.4, -0.2) is 68.8 Å². The number of nitrogens with one attached hydrogen (secondary N) is 2. The summed E-state index contributed by atoms with van der Waals surface area (Å²) in [4.78, 5) is 33.4. The number of rotatable bonds is 8. The van der Waals surface area contributed by atoms with Crippen molar-refractivity contribution < 1.29 is 27.9 Å². The van der Waals surface area contributed by atoms with Crippen LogP contribution in [0.2, 0.25) is 0 Å².